The summed E-state index contributed by atoms with van der Waals surface area (Å²) in [5, 5.41) is 3.36. The number of benzene rings is 1. The third-order valence-electron chi connectivity index (χ3n) is 1.85. The molecular formula is C10H4F2N2O2. The van der Waals surface area contributed by atoms with Gasteiger partial charge < -0.3 is 4.52 Å². The smallest absolute Gasteiger partial charge is 0.242 e. The Hall–Kier alpha value is -2.33. The van der Waals surface area contributed by atoms with Crippen LogP contribution in [0.15, 0.2) is 33.8 Å². The van der Waals surface area contributed by atoms with Crippen LogP contribution in [0.1, 0.15) is 0 Å². The Balaban J connectivity index is 2.49. The standard InChI is InChI=1S/C10H4F2N2O2/c11-6-1-2-8(12)7(3-6)9-4-10(13-5-15)14-16-9/h1-4H. The third kappa shape index (κ3) is 1.87. The highest BCUT2D eigenvalue weighted by Gasteiger charge is 2.12. The van der Waals surface area contributed by atoms with Crippen LogP contribution in [0.25, 0.3) is 11.3 Å². The van der Waals surface area contributed by atoms with Gasteiger partial charge in [0, 0.05) is 6.07 Å². The second kappa shape index (κ2) is 4.04. The van der Waals surface area contributed by atoms with E-state index in [4.69, 9.17) is 4.52 Å². The highest BCUT2D eigenvalue weighted by Crippen LogP contribution is 2.26. The van der Waals surface area contributed by atoms with Crippen LogP contribution in [-0.2, 0) is 4.79 Å². The molecule has 0 unspecified atom stereocenters. The molecule has 80 valence electrons. The first-order chi connectivity index (χ1) is 7.70. The van der Waals surface area contributed by atoms with Crippen molar-refractivity contribution in [3.8, 4) is 11.3 Å². The summed E-state index contributed by atoms with van der Waals surface area (Å²) in [5.74, 6) is -1.31. The molecule has 1 heterocycles. The van der Waals surface area contributed by atoms with Gasteiger partial charge in [-0.1, -0.05) is 5.16 Å². The van der Waals surface area contributed by atoms with Gasteiger partial charge >= 0.3 is 0 Å². The van der Waals surface area contributed by atoms with Crippen molar-refractivity contribution >= 4 is 11.9 Å². The monoisotopic (exact) mass is 222 g/mol. The first kappa shape index (κ1) is 10.2. The van der Waals surface area contributed by atoms with Crippen molar-refractivity contribution in [1.82, 2.24) is 5.16 Å². The maximum atomic E-state index is 13.3. The van der Waals surface area contributed by atoms with Crippen molar-refractivity contribution < 1.29 is 18.1 Å². The summed E-state index contributed by atoms with van der Waals surface area (Å²) < 4.78 is 30.9. The summed E-state index contributed by atoms with van der Waals surface area (Å²) in [4.78, 5) is 13.1. The largest absolute Gasteiger partial charge is 0.354 e. The van der Waals surface area contributed by atoms with E-state index in [-0.39, 0.29) is 17.1 Å². The molecule has 1 aromatic heterocycles. The molecule has 0 atom stereocenters. The Morgan fingerprint density at radius 3 is 2.88 bits per heavy atom. The molecule has 0 aliphatic heterocycles. The van der Waals surface area contributed by atoms with E-state index in [1.54, 1.807) is 0 Å². The number of hydrogen-bond acceptors (Lipinski definition) is 4. The number of halogens is 2. The maximum Gasteiger partial charge on any atom is 0.242 e. The molecule has 0 bridgehead atoms. The molecule has 0 saturated carbocycles. The van der Waals surface area contributed by atoms with Crippen LogP contribution in [0.5, 0.6) is 0 Å². The zero-order valence-corrected chi connectivity index (χ0v) is 7.78. The summed E-state index contributed by atoms with van der Waals surface area (Å²) in [7, 11) is 0. The van der Waals surface area contributed by atoms with Gasteiger partial charge in [0.05, 0.1) is 5.56 Å². The molecule has 1 aromatic carbocycles. The Morgan fingerprint density at radius 1 is 1.31 bits per heavy atom. The summed E-state index contributed by atoms with van der Waals surface area (Å²) in [6, 6.07) is 4.13. The Kier molecular flexibility index (Phi) is 2.57. The van der Waals surface area contributed by atoms with Crippen molar-refractivity contribution in [2.45, 2.75) is 0 Å². The van der Waals surface area contributed by atoms with Crippen molar-refractivity contribution in [1.29, 1.82) is 0 Å². The van der Waals surface area contributed by atoms with Crippen molar-refractivity contribution in [2.75, 3.05) is 0 Å². The van der Waals surface area contributed by atoms with E-state index in [1.165, 1.54) is 12.1 Å². The van der Waals surface area contributed by atoms with Crippen LogP contribution in [-0.4, -0.2) is 11.2 Å². The Labute approximate surface area is 88.2 Å². The van der Waals surface area contributed by atoms with Crippen LogP contribution in [0, 0.1) is 11.6 Å². The normalized spacial score (nSPS) is 9.88. The van der Waals surface area contributed by atoms with Crippen molar-refractivity contribution in [3.63, 3.8) is 0 Å². The number of aliphatic imine (C=N–C) groups is 1. The van der Waals surface area contributed by atoms with Gasteiger partial charge in [-0.25, -0.2) is 13.6 Å². The molecule has 0 saturated heterocycles. The third-order valence-corrected chi connectivity index (χ3v) is 1.85. The lowest BCUT2D eigenvalue weighted by atomic mass is 10.1. The van der Waals surface area contributed by atoms with Gasteiger partial charge in [-0.05, 0) is 18.2 Å². The first-order valence-corrected chi connectivity index (χ1v) is 4.20. The lowest BCUT2D eigenvalue weighted by Crippen LogP contribution is -1.84. The van der Waals surface area contributed by atoms with E-state index < -0.39 is 11.6 Å². The minimum atomic E-state index is -0.654. The summed E-state index contributed by atoms with van der Waals surface area (Å²) in [6.07, 6.45) is 1.26. The van der Waals surface area contributed by atoms with Gasteiger partial charge in [0.2, 0.25) is 11.9 Å². The summed E-state index contributed by atoms with van der Waals surface area (Å²) in [6.45, 7) is 0. The van der Waals surface area contributed by atoms with Crippen molar-refractivity contribution in [2.24, 2.45) is 4.99 Å². The number of rotatable bonds is 2. The minimum Gasteiger partial charge on any atom is -0.354 e. The zero-order valence-electron chi connectivity index (χ0n) is 7.78. The highest BCUT2D eigenvalue weighted by molar-refractivity contribution is 5.61. The Morgan fingerprint density at radius 2 is 2.12 bits per heavy atom. The molecular weight excluding hydrogens is 218 g/mol. The molecule has 2 aromatic rings. The minimum absolute atomic E-state index is 0.00833. The van der Waals surface area contributed by atoms with Gasteiger partial charge in [-0.15, -0.1) is 4.99 Å². The predicted molar refractivity (Wildman–Crippen MR) is 49.6 cm³/mol. The molecule has 4 nitrogen and oxygen atoms in total. The lowest BCUT2D eigenvalue weighted by Gasteiger charge is -1.97. The molecule has 16 heavy (non-hydrogen) atoms. The molecule has 0 fully saturated rings. The van der Waals surface area contributed by atoms with E-state index in [0.717, 1.165) is 18.2 Å². The van der Waals surface area contributed by atoms with E-state index >= 15 is 0 Å². The second-order valence-corrected chi connectivity index (χ2v) is 2.88. The zero-order chi connectivity index (χ0) is 11.5. The maximum absolute atomic E-state index is 13.3. The van der Waals surface area contributed by atoms with Crippen LogP contribution in [0.2, 0.25) is 0 Å². The van der Waals surface area contributed by atoms with Crippen LogP contribution >= 0.6 is 0 Å². The van der Waals surface area contributed by atoms with Crippen molar-refractivity contribution in [3.05, 3.63) is 35.9 Å². The van der Waals surface area contributed by atoms with E-state index in [1.807, 2.05) is 0 Å². The average Bonchev–Trinajstić information content (AvgIpc) is 2.71. The second-order valence-electron chi connectivity index (χ2n) is 2.88. The summed E-state index contributed by atoms with van der Waals surface area (Å²) in [5.41, 5.74) is -0.0835. The number of carbonyl (C=O) groups excluding carboxylic acids is 1. The van der Waals surface area contributed by atoms with Gasteiger partial charge in [0.15, 0.2) is 5.76 Å². The first-order valence-electron chi connectivity index (χ1n) is 4.20. The number of isocyanates is 1. The SMILES string of the molecule is O=C=Nc1cc(-c2cc(F)ccc2F)on1. The van der Waals surface area contributed by atoms with Gasteiger partial charge in [0.25, 0.3) is 0 Å². The fourth-order valence-corrected chi connectivity index (χ4v) is 1.18. The van der Waals surface area contributed by atoms with Gasteiger partial charge in [-0.3, -0.25) is 0 Å². The fourth-order valence-electron chi connectivity index (χ4n) is 1.18. The number of nitrogens with zero attached hydrogens (tertiary/aromatic N) is 2. The van der Waals surface area contributed by atoms with E-state index in [9.17, 15) is 13.6 Å². The highest BCUT2D eigenvalue weighted by atomic mass is 19.1. The van der Waals surface area contributed by atoms with Crippen LogP contribution in [0.3, 0.4) is 0 Å². The van der Waals surface area contributed by atoms with Gasteiger partial charge in [-0.2, -0.15) is 0 Å². The topological polar surface area (TPSA) is 55.5 Å². The molecule has 0 N–H and O–H groups in total. The molecule has 0 spiro atoms. The quantitative estimate of drug-likeness (QED) is 0.579. The molecule has 2 rings (SSSR count). The van der Waals surface area contributed by atoms with Crippen LogP contribution < -0.4 is 0 Å². The molecule has 0 aliphatic carbocycles. The average molecular weight is 222 g/mol. The Bertz CT molecular complexity index is 574. The number of hydrogen-bond donors (Lipinski definition) is 0. The van der Waals surface area contributed by atoms with Crippen LogP contribution in [0.4, 0.5) is 14.6 Å². The van der Waals surface area contributed by atoms with Gasteiger partial charge in [0.1, 0.15) is 11.6 Å². The fraction of sp³-hybridized carbons (Fsp3) is 0. The lowest BCUT2D eigenvalue weighted by molar-refractivity contribution is 0.431. The van der Waals surface area contributed by atoms with E-state index in [2.05, 4.69) is 10.1 Å². The molecule has 6 heteroatoms. The van der Waals surface area contributed by atoms with E-state index in [0.29, 0.717) is 0 Å². The molecule has 0 aliphatic rings. The predicted octanol–water partition coefficient (Wildman–Crippen LogP) is 2.59. The molecule has 0 radical (unpaired) electrons. The number of aromatic nitrogens is 1. The molecule has 0 amide bonds. The summed E-state index contributed by atoms with van der Waals surface area (Å²) >= 11 is 0.